The number of nitrogen functional groups attached to an aromatic ring is 1. The fourth-order valence-electron chi connectivity index (χ4n) is 3.15. The Hall–Kier alpha value is -0.620. The molecule has 18 heavy (non-hydrogen) atoms. The Labute approximate surface area is 113 Å². The number of halogens is 1. The molecule has 0 aromatic heterocycles. The van der Waals surface area contributed by atoms with E-state index in [-0.39, 0.29) is 5.41 Å². The predicted molar refractivity (Wildman–Crippen MR) is 77.5 cm³/mol. The van der Waals surface area contributed by atoms with Crippen molar-refractivity contribution >= 4 is 33.6 Å². The molecule has 3 rings (SSSR count). The monoisotopic (exact) mass is 288 g/mol. The van der Waals surface area contributed by atoms with Gasteiger partial charge < -0.3 is 11.1 Å². The summed E-state index contributed by atoms with van der Waals surface area (Å²) in [4.78, 5) is 0. The highest BCUT2D eigenvalue weighted by Crippen LogP contribution is 2.66. The van der Waals surface area contributed by atoms with Crippen molar-refractivity contribution in [2.24, 2.45) is 5.41 Å². The van der Waals surface area contributed by atoms with Crippen molar-refractivity contribution in [3.63, 3.8) is 0 Å². The lowest BCUT2D eigenvalue weighted by Crippen LogP contribution is -2.57. The van der Waals surface area contributed by atoms with Gasteiger partial charge in [-0.25, -0.2) is 0 Å². The van der Waals surface area contributed by atoms with Crippen molar-refractivity contribution in [2.45, 2.75) is 18.9 Å². The minimum Gasteiger partial charge on any atom is -0.397 e. The predicted octanol–water partition coefficient (Wildman–Crippen LogP) is 3.25. The van der Waals surface area contributed by atoms with Gasteiger partial charge in [-0.15, -0.1) is 0 Å². The van der Waals surface area contributed by atoms with E-state index in [1.54, 1.807) is 6.07 Å². The van der Waals surface area contributed by atoms with Crippen LogP contribution < -0.4 is 11.1 Å². The lowest BCUT2D eigenvalue weighted by Gasteiger charge is -2.63. The number of hydrogen-bond donors (Lipinski definition) is 4. The lowest BCUT2D eigenvalue weighted by atomic mass is 9.67. The van der Waals surface area contributed by atoms with Gasteiger partial charge >= 0.3 is 0 Å². The van der Waals surface area contributed by atoms with E-state index in [0.29, 0.717) is 28.3 Å². The number of nitrogens with one attached hydrogen (secondary N) is 1. The Bertz CT molecular complexity index is 479. The van der Waals surface area contributed by atoms with Gasteiger partial charge in [0.25, 0.3) is 0 Å². The Morgan fingerprint density at radius 3 is 2.56 bits per heavy atom. The van der Waals surface area contributed by atoms with Gasteiger partial charge in [0.15, 0.2) is 0 Å². The van der Waals surface area contributed by atoms with Gasteiger partial charge in [-0.05, 0) is 31.0 Å². The Morgan fingerprint density at radius 1 is 1.33 bits per heavy atom. The van der Waals surface area contributed by atoms with Crippen LogP contribution in [0.2, 0.25) is 5.02 Å². The van der Waals surface area contributed by atoms with Crippen molar-refractivity contribution in [3.05, 3.63) is 23.2 Å². The first-order valence-corrected chi connectivity index (χ1v) is 8.19. The van der Waals surface area contributed by atoms with Crippen molar-refractivity contribution in [3.8, 4) is 0 Å². The first-order chi connectivity index (χ1) is 8.38. The van der Waals surface area contributed by atoms with Crippen LogP contribution in [0.15, 0.2) is 18.2 Å². The average Bonchev–Trinajstić information content (AvgIpc) is 2.16. The van der Waals surface area contributed by atoms with E-state index in [0.717, 1.165) is 18.5 Å². The number of rotatable bonds is 2. The molecule has 1 heterocycles. The molecule has 2 aliphatic rings. The van der Waals surface area contributed by atoms with Crippen LogP contribution in [0.1, 0.15) is 12.8 Å². The molecule has 100 valence electrons. The molecule has 1 saturated carbocycles. The zero-order valence-corrected chi connectivity index (χ0v) is 11.5. The van der Waals surface area contributed by atoms with Gasteiger partial charge in [0.1, 0.15) is 0 Å². The second-order valence-corrected chi connectivity index (χ2v) is 8.19. The van der Waals surface area contributed by atoms with Crippen LogP contribution >= 0.6 is 22.2 Å². The summed E-state index contributed by atoms with van der Waals surface area (Å²) in [5, 5.41) is 4.02. The van der Waals surface area contributed by atoms with Crippen LogP contribution in [0.25, 0.3) is 0 Å². The zero-order valence-electron chi connectivity index (χ0n) is 9.90. The summed E-state index contributed by atoms with van der Waals surface area (Å²) in [6.07, 6.45) is 1.98. The first kappa shape index (κ1) is 12.4. The van der Waals surface area contributed by atoms with E-state index in [4.69, 9.17) is 17.3 Å². The van der Waals surface area contributed by atoms with E-state index in [1.165, 1.54) is 0 Å². The molecule has 1 aromatic rings. The number of nitrogens with two attached hydrogens (primary N) is 1. The highest BCUT2D eigenvalue weighted by molar-refractivity contribution is 8.25. The molecule has 1 aliphatic carbocycles. The van der Waals surface area contributed by atoms with Crippen molar-refractivity contribution < 1.29 is 9.11 Å². The number of benzene rings is 1. The van der Waals surface area contributed by atoms with Gasteiger partial charge in [0, 0.05) is 28.0 Å². The maximum absolute atomic E-state index is 9.45. The summed E-state index contributed by atoms with van der Waals surface area (Å²) in [5.74, 6) is 1.16. The number of hydrogen-bond acceptors (Lipinski definition) is 4. The summed E-state index contributed by atoms with van der Waals surface area (Å²) in [6, 6.07) is 5.81. The molecule has 1 spiro atoms. The molecule has 5 N–H and O–H groups in total. The molecular formula is C12H17ClN2O2S. The largest absolute Gasteiger partial charge is 0.397 e. The van der Waals surface area contributed by atoms with E-state index in [2.05, 4.69) is 5.32 Å². The van der Waals surface area contributed by atoms with Crippen LogP contribution in [0.4, 0.5) is 11.4 Å². The average molecular weight is 289 g/mol. The van der Waals surface area contributed by atoms with Crippen LogP contribution in [0.5, 0.6) is 0 Å². The molecule has 1 aromatic carbocycles. The minimum atomic E-state index is -2.23. The Balaban J connectivity index is 1.57. The fraction of sp³-hybridized carbons (Fsp3) is 0.500. The third kappa shape index (κ3) is 2.16. The van der Waals surface area contributed by atoms with Gasteiger partial charge in [-0.1, -0.05) is 11.6 Å². The zero-order chi connectivity index (χ0) is 13.0. The quantitative estimate of drug-likeness (QED) is 0.630. The molecular weight excluding hydrogens is 272 g/mol. The number of anilines is 2. The maximum atomic E-state index is 9.45. The minimum absolute atomic E-state index is 0.178. The summed E-state index contributed by atoms with van der Waals surface area (Å²) in [5.41, 5.74) is 7.62. The summed E-state index contributed by atoms with van der Waals surface area (Å²) in [6.45, 7) is 0. The van der Waals surface area contributed by atoms with Gasteiger partial charge in [-0.2, -0.15) is 10.6 Å². The summed E-state index contributed by atoms with van der Waals surface area (Å²) >= 11 is 5.85. The van der Waals surface area contributed by atoms with Crippen LogP contribution in [0.3, 0.4) is 0 Å². The normalized spacial score (nSPS) is 26.2. The van der Waals surface area contributed by atoms with Gasteiger partial charge in [0.2, 0.25) is 0 Å². The summed E-state index contributed by atoms with van der Waals surface area (Å²) < 4.78 is 18.9. The molecule has 0 bridgehead atoms. The van der Waals surface area contributed by atoms with Crippen LogP contribution in [-0.4, -0.2) is 26.7 Å². The molecule has 0 amide bonds. The molecule has 4 nitrogen and oxygen atoms in total. The van der Waals surface area contributed by atoms with Crippen LogP contribution in [0, 0.1) is 5.41 Å². The third-order valence-electron chi connectivity index (χ3n) is 3.81. The molecule has 0 atom stereocenters. The fourth-order valence-corrected chi connectivity index (χ4v) is 5.68. The topological polar surface area (TPSA) is 78.5 Å². The van der Waals surface area contributed by atoms with Crippen LogP contribution in [-0.2, 0) is 0 Å². The first-order valence-electron chi connectivity index (χ1n) is 5.93. The lowest BCUT2D eigenvalue weighted by molar-refractivity contribution is 0.141. The molecule has 1 aliphatic heterocycles. The van der Waals surface area contributed by atoms with E-state index < -0.39 is 10.6 Å². The molecule has 1 saturated heterocycles. The second-order valence-electron chi connectivity index (χ2n) is 5.57. The highest BCUT2D eigenvalue weighted by atomic mass is 35.5. The van der Waals surface area contributed by atoms with E-state index in [9.17, 15) is 9.11 Å². The second kappa shape index (κ2) is 3.93. The smallest absolute Gasteiger partial charge is 0.0577 e. The Morgan fingerprint density at radius 2 is 2.00 bits per heavy atom. The van der Waals surface area contributed by atoms with E-state index in [1.807, 2.05) is 12.1 Å². The molecule has 2 fully saturated rings. The van der Waals surface area contributed by atoms with E-state index >= 15 is 0 Å². The molecule has 6 heteroatoms. The third-order valence-corrected chi connectivity index (χ3v) is 6.19. The highest BCUT2D eigenvalue weighted by Gasteiger charge is 2.56. The van der Waals surface area contributed by atoms with Gasteiger partial charge in [-0.3, -0.25) is 9.11 Å². The van der Waals surface area contributed by atoms with Gasteiger partial charge in [0.05, 0.1) is 11.4 Å². The Kier molecular flexibility index (Phi) is 2.71. The van der Waals surface area contributed by atoms with Crippen molar-refractivity contribution in [1.29, 1.82) is 0 Å². The standard InChI is InChI=1S/C12H17ClN2O2S/c13-8-1-2-11(10(14)3-8)15-9-4-12(5-9)6-18(16,17)7-12/h1-3,9,15-17H,4-7,14H2. The SMILES string of the molecule is Nc1cc(Cl)ccc1NC1CC2(C1)CS(O)(O)C2. The van der Waals surface area contributed by atoms with Crippen molar-refractivity contribution in [2.75, 3.05) is 22.6 Å². The molecule has 0 unspecified atom stereocenters. The molecule has 0 radical (unpaired) electrons. The maximum Gasteiger partial charge on any atom is 0.0577 e. The summed E-state index contributed by atoms with van der Waals surface area (Å²) in [7, 11) is -2.23. The van der Waals surface area contributed by atoms with Crippen molar-refractivity contribution in [1.82, 2.24) is 0 Å².